The molecule has 0 aromatic carbocycles. The van der Waals surface area contributed by atoms with E-state index in [1.54, 1.807) is 0 Å². The van der Waals surface area contributed by atoms with Crippen LogP contribution in [0.15, 0.2) is 0 Å². The minimum absolute atomic E-state index is 0.0956. The number of aliphatic hydroxyl groups is 1. The van der Waals surface area contributed by atoms with E-state index in [2.05, 4.69) is 10.8 Å². The topological polar surface area (TPSA) is 53.5 Å². The number of nitrogens with one attached hydrogen (secondary N) is 2. The average molecular weight is 327 g/mol. The van der Waals surface area contributed by atoms with E-state index in [4.69, 9.17) is 4.84 Å². The van der Waals surface area contributed by atoms with E-state index in [-0.39, 0.29) is 18.2 Å². The van der Waals surface area contributed by atoms with Crippen molar-refractivity contribution in [3.63, 3.8) is 0 Å². The van der Waals surface area contributed by atoms with Crippen LogP contribution in [0.2, 0.25) is 0 Å². The van der Waals surface area contributed by atoms with Gasteiger partial charge in [0, 0.05) is 6.04 Å². The summed E-state index contributed by atoms with van der Waals surface area (Å²) in [5, 5.41) is 13.9. The third-order valence-corrected chi connectivity index (χ3v) is 5.67. The van der Waals surface area contributed by atoms with Gasteiger partial charge in [-0.25, -0.2) is 0 Å². The molecule has 0 aliphatic heterocycles. The molecule has 0 saturated heterocycles. The molecule has 4 nitrogen and oxygen atoms in total. The van der Waals surface area contributed by atoms with Crippen molar-refractivity contribution in [3.8, 4) is 0 Å². The maximum Gasteiger partial charge on any atom is 0.0942 e. The van der Waals surface area contributed by atoms with Crippen LogP contribution in [-0.2, 0) is 4.84 Å². The molecule has 4 heteroatoms. The molecule has 0 heterocycles. The van der Waals surface area contributed by atoms with Gasteiger partial charge < -0.3 is 10.4 Å². The highest BCUT2D eigenvalue weighted by atomic mass is 16.7. The van der Waals surface area contributed by atoms with Crippen molar-refractivity contribution in [2.24, 2.45) is 0 Å². The lowest BCUT2D eigenvalue weighted by atomic mass is 10.0. The lowest BCUT2D eigenvalue weighted by Crippen LogP contribution is -2.47. The van der Waals surface area contributed by atoms with Gasteiger partial charge >= 0.3 is 0 Å². The molecule has 0 aromatic rings. The summed E-state index contributed by atoms with van der Waals surface area (Å²) in [6, 6.07) is 0.521. The van der Waals surface area contributed by atoms with Crippen molar-refractivity contribution in [2.75, 3.05) is 7.05 Å². The first-order valence-electron chi connectivity index (χ1n) is 10.1. The maximum atomic E-state index is 10.4. The van der Waals surface area contributed by atoms with Crippen molar-refractivity contribution in [2.45, 2.75) is 114 Å². The van der Waals surface area contributed by atoms with Gasteiger partial charge in [0.05, 0.1) is 18.2 Å². The Kier molecular flexibility index (Phi) is 9.50. The van der Waals surface area contributed by atoms with Crippen LogP contribution >= 0.6 is 0 Å². The molecule has 2 saturated carbocycles. The number of hydrogen-bond donors (Lipinski definition) is 3. The van der Waals surface area contributed by atoms with Gasteiger partial charge in [-0.2, -0.15) is 5.48 Å². The molecule has 3 N–H and O–H groups in total. The highest BCUT2D eigenvalue weighted by Gasteiger charge is 2.25. The average Bonchev–Trinajstić information content (AvgIpc) is 2.73. The predicted molar refractivity (Wildman–Crippen MR) is 95.3 cm³/mol. The van der Waals surface area contributed by atoms with Crippen molar-refractivity contribution in [1.29, 1.82) is 0 Å². The second-order valence-corrected chi connectivity index (χ2v) is 7.53. The SMILES string of the molecule is CN[C@@H]1CCCCCCC[C@H]1ON[C@@H]1CCCCCCC[C@@H]1O. The monoisotopic (exact) mass is 326 g/mol. The molecule has 4 atom stereocenters. The maximum absolute atomic E-state index is 10.4. The summed E-state index contributed by atoms with van der Waals surface area (Å²) in [7, 11) is 2.05. The largest absolute Gasteiger partial charge is 0.391 e. The lowest BCUT2D eigenvalue weighted by molar-refractivity contribution is -0.0869. The summed E-state index contributed by atoms with van der Waals surface area (Å²) in [5.74, 6) is 0. The Balaban J connectivity index is 1.85. The van der Waals surface area contributed by atoms with Crippen molar-refractivity contribution in [1.82, 2.24) is 10.8 Å². The third kappa shape index (κ3) is 7.08. The molecule has 2 fully saturated rings. The number of hydrogen-bond acceptors (Lipinski definition) is 4. The van der Waals surface area contributed by atoms with Gasteiger partial charge in [-0.1, -0.05) is 64.2 Å². The summed E-state index contributed by atoms with van der Waals surface area (Å²) < 4.78 is 0. The van der Waals surface area contributed by atoms with Gasteiger partial charge in [-0.3, -0.25) is 4.84 Å². The molecule has 0 radical (unpaired) electrons. The fourth-order valence-corrected chi connectivity index (χ4v) is 4.05. The molecule has 0 spiro atoms. The zero-order valence-corrected chi connectivity index (χ0v) is 15.1. The van der Waals surface area contributed by atoms with Crippen molar-refractivity contribution >= 4 is 0 Å². The molecule has 136 valence electrons. The summed E-state index contributed by atoms with van der Waals surface area (Å²) in [6.45, 7) is 0. The van der Waals surface area contributed by atoms with E-state index in [0.29, 0.717) is 6.04 Å². The quantitative estimate of drug-likeness (QED) is 0.690. The fraction of sp³-hybridized carbons (Fsp3) is 1.00. The highest BCUT2D eigenvalue weighted by molar-refractivity contribution is 4.79. The van der Waals surface area contributed by atoms with E-state index in [1.165, 1.54) is 64.2 Å². The van der Waals surface area contributed by atoms with E-state index in [0.717, 1.165) is 25.7 Å². The van der Waals surface area contributed by atoms with Crippen LogP contribution in [0.4, 0.5) is 0 Å². The minimum atomic E-state index is -0.266. The second kappa shape index (κ2) is 11.4. The predicted octanol–water partition coefficient (Wildman–Crippen LogP) is 3.68. The van der Waals surface area contributed by atoms with Gasteiger partial charge in [-0.05, 0) is 32.7 Å². The number of rotatable bonds is 4. The van der Waals surface area contributed by atoms with Crippen LogP contribution in [-0.4, -0.2) is 36.4 Å². The highest BCUT2D eigenvalue weighted by Crippen LogP contribution is 2.21. The first kappa shape index (κ1) is 19.2. The normalized spacial score (nSPS) is 35.2. The molecule has 23 heavy (non-hydrogen) atoms. The van der Waals surface area contributed by atoms with E-state index in [9.17, 15) is 5.11 Å². The summed E-state index contributed by atoms with van der Waals surface area (Å²) >= 11 is 0. The van der Waals surface area contributed by atoms with Crippen molar-refractivity contribution < 1.29 is 9.94 Å². The van der Waals surface area contributed by atoms with Gasteiger partial charge in [0.15, 0.2) is 0 Å². The molecule has 0 aromatic heterocycles. The van der Waals surface area contributed by atoms with Crippen LogP contribution < -0.4 is 10.8 Å². The lowest BCUT2D eigenvalue weighted by Gasteiger charge is -2.30. The Morgan fingerprint density at radius 2 is 1.22 bits per heavy atom. The molecule has 2 aliphatic carbocycles. The second-order valence-electron chi connectivity index (χ2n) is 7.53. The van der Waals surface area contributed by atoms with E-state index >= 15 is 0 Å². The molecule has 2 aliphatic rings. The van der Waals surface area contributed by atoms with E-state index < -0.39 is 0 Å². The Morgan fingerprint density at radius 3 is 1.87 bits per heavy atom. The Bertz CT molecular complexity index is 301. The fourth-order valence-electron chi connectivity index (χ4n) is 4.05. The van der Waals surface area contributed by atoms with Crippen LogP contribution in [0.1, 0.15) is 89.9 Å². The zero-order valence-electron chi connectivity index (χ0n) is 15.1. The number of aliphatic hydroxyl groups excluding tert-OH is 1. The van der Waals surface area contributed by atoms with Crippen LogP contribution in [0.3, 0.4) is 0 Å². The standard InChI is InChI=1S/C19H38N2O2/c1-20-17-13-9-5-3-7-11-15-19(17)23-21-16-12-8-4-2-6-10-14-18(16)22/h16-22H,2-15H2,1H3/t16-,17-,18+,19-/m1/s1. The molecule has 2 rings (SSSR count). The smallest absolute Gasteiger partial charge is 0.0942 e. The first-order chi connectivity index (χ1) is 11.3. The van der Waals surface area contributed by atoms with E-state index in [1.807, 2.05) is 7.05 Å². The molecule has 0 unspecified atom stereocenters. The van der Waals surface area contributed by atoms with Crippen molar-refractivity contribution in [3.05, 3.63) is 0 Å². The minimum Gasteiger partial charge on any atom is -0.391 e. The summed E-state index contributed by atoms with van der Waals surface area (Å²) in [6.07, 6.45) is 16.9. The van der Waals surface area contributed by atoms with Crippen LogP contribution in [0, 0.1) is 0 Å². The Morgan fingerprint density at radius 1 is 0.696 bits per heavy atom. The van der Waals surface area contributed by atoms with Gasteiger partial charge in [-0.15, -0.1) is 0 Å². The van der Waals surface area contributed by atoms with Crippen LogP contribution in [0.25, 0.3) is 0 Å². The molecule has 0 amide bonds. The molecular weight excluding hydrogens is 288 g/mol. The summed E-state index contributed by atoms with van der Waals surface area (Å²) in [4.78, 5) is 6.15. The third-order valence-electron chi connectivity index (χ3n) is 5.67. The van der Waals surface area contributed by atoms with Gasteiger partial charge in [0.25, 0.3) is 0 Å². The van der Waals surface area contributed by atoms with Crippen LogP contribution in [0.5, 0.6) is 0 Å². The Hall–Kier alpha value is -0.160. The van der Waals surface area contributed by atoms with Gasteiger partial charge in [0.1, 0.15) is 0 Å². The number of hydroxylamine groups is 1. The zero-order chi connectivity index (χ0) is 16.3. The molecular formula is C19H38N2O2. The molecule has 0 bridgehead atoms. The first-order valence-corrected chi connectivity index (χ1v) is 10.1. The Labute approximate surface area is 142 Å². The number of likely N-dealkylation sites (N-methyl/N-ethyl adjacent to an activating group) is 1. The van der Waals surface area contributed by atoms with Gasteiger partial charge in [0.2, 0.25) is 0 Å². The summed E-state index contributed by atoms with van der Waals surface area (Å²) in [5.41, 5.74) is 3.28.